The summed E-state index contributed by atoms with van der Waals surface area (Å²) in [7, 11) is 0. The van der Waals surface area contributed by atoms with Crippen LogP contribution in [0, 0.1) is 0 Å². The van der Waals surface area contributed by atoms with Gasteiger partial charge in [-0.05, 0) is 12.0 Å². The number of hydrogen-bond acceptors (Lipinski definition) is 2. The number of rotatable bonds is 5. The van der Waals surface area contributed by atoms with Crippen LogP contribution < -0.4 is 5.73 Å². The van der Waals surface area contributed by atoms with Crippen molar-refractivity contribution >= 4 is 0 Å². The minimum absolute atomic E-state index is 0.114. The van der Waals surface area contributed by atoms with Crippen molar-refractivity contribution in [2.45, 2.75) is 45.2 Å². The van der Waals surface area contributed by atoms with Gasteiger partial charge in [-0.15, -0.1) is 0 Å². The molecule has 2 N–H and O–H groups in total. The quantitative estimate of drug-likeness (QED) is 0.893. The Kier molecular flexibility index (Phi) is 4.05. The molecule has 0 bridgehead atoms. The zero-order chi connectivity index (χ0) is 13.9. The Labute approximate surface area is 115 Å². The van der Waals surface area contributed by atoms with Crippen LogP contribution in [0.4, 0.5) is 0 Å². The summed E-state index contributed by atoms with van der Waals surface area (Å²) >= 11 is 0. The normalized spacial score (nSPS) is 13.5. The lowest BCUT2D eigenvalue weighted by Crippen LogP contribution is -2.35. The van der Waals surface area contributed by atoms with Crippen molar-refractivity contribution in [2.75, 3.05) is 0 Å². The van der Waals surface area contributed by atoms with E-state index in [9.17, 15) is 0 Å². The van der Waals surface area contributed by atoms with Gasteiger partial charge in [-0.1, -0.05) is 51.1 Å². The molecule has 0 aliphatic carbocycles. The summed E-state index contributed by atoms with van der Waals surface area (Å²) in [5.41, 5.74) is 7.60. The molecule has 0 saturated carbocycles. The van der Waals surface area contributed by atoms with Gasteiger partial charge in [-0.3, -0.25) is 0 Å². The van der Waals surface area contributed by atoms with Crippen molar-refractivity contribution in [3.8, 4) is 0 Å². The van der Waals surface area contributed by atoms with Crippen molar-refractivity contribution in [3.05, 3.63) is 54.1 Å². The van der Waals surface area contributed by atoms with Crippen molar-refractivity contribution < 1.29 is 0 Å². The Morgan fingerprint density at radius 1 is 1.26 bits per heavy atom. The van der Waals surface area contributed by atoms with Crippen LogP contribution in [0.25, 0.3) is 0 Å². The number of benzene rings is 1. The molecule has 3 nitrogen and oxygen atoms in total. The number of nitrogens with two attached hydrogens (primary N) is 1. The molecular formula is C16H23N3. The van der Waals surface area contributed by atoms with Crippen LogP contribution in [-0.2, 0) is 12.0 Å². The highest BCUT2D eigenvalue weighted by Crippen LogP contribution is 2.34. The smallest absolute Gasteiger partial charge is 0.126 e. The number of hydrogen-bond donors (Lipinski definition) is 1. The van der Waals surface area contributed by atoms with Gasteiger partial charge in [0.25, 0.3) is 0 Å². The van der Waals surface area contributed by atoms with Gasteiger partial charge in [0.15, 0.2) is 0 Å². The summed E-state index contributed by atoms with van der Waals surface area (Å²) in [6.45, 7) is 7.49. The van der Waals surface area contributed by atoms with E-state index in [1.54, 1.807) is 0 Å². The van der Waals surface area contributed by atoms with Gasteiger partial charge in [0, 0.05) is 24.4 Å². The number of imidazole rings is 1. The number of aromatic nitrogens is 2. The average Bonchev–Trinajstić information content (AvgIpc) is 2.87. The van der Waals surface area contributed by atoms with Gasteiger partial charge in [0.2, 0.25) is 0 Å². The average molecular weight is 257 g/mol. The molecule has 0 radical (unpaired) electrons. The zero-order valence-corrected chi connectivity index (χ0v) is 12.0. The van der Waals surface area contributed by atoms with E-state index in [0.717, 1.165) is 18.8 Å². The molecule has 0 aliphatic heterocycles. The predicted molar refractivity (Wildman–Crippen MR) is 78.9 cm³/mol. The highest BCUT2D eigenvalue weighted by atomic mass is 15.1. The Morgan fingerprint density at radius 3 is 2.58 bits per heavy atom. The van der Waals surface area contributed by atoms with Crippen LogP contribution in [0.1, 0.15) is 44.6 Å². The first-order valence-corrected chi connectivity index (χ1v) is 6.89. The van der Waals surface area contributed by atoms with E-state index in [4.69, 9.17) is 5.73 Å². The van der Waals surface area contributed by atoms with E-state index in [1.165, 1.54) is 5.56 Å². The van der Waals surface area contributed by atoms with Gasteiger partial charge < -0.3 is 10.3 Å². The second-order valence-corrected chi connectivity index (χ2v) is 5.54. The molecule has 1 aromatic heterocycles. The topological polar surface area (TPSA) is 43.8 Å². The second-order valence-electron chi connectivity index (χ2n) is 5.54. The maximum atomic E-state index is 6.50. The van der Waals surface area contributed by atoms with E-state index in [-0.39, 0.29) is 11.5 Å². The van der Waals surface area contributed by atoms with Gasteiger partial charge in [-0.25, -0.2) is 4.98 Å². The summed E-state index contributed by atoms with van der Waals surface area (Å²) in [6, 6.07) is 10.3. The molecule has 102 valence electrons. The molecule has 0 saturated heterocycles. The second kappa shape index (κ2) is 5.57. The summed E-state index contributed by atoms with van der Waals surface area (Å²) in [5.74, 6) is 0.968. The Bertz CT molecular complexity index is 514. The van der Waals surface area contributed by atoms with Crippen LogP contribution in [0.3, 0.4) is 0 Å². The van der Waals surface area contributed by atoms with Gasteiger partial charge in [0.05, 0.1) is 6.04 Å². The molecule has 2 aromatic rings. The summed E-state index contributed by atoms with van der Waals surface area (Å²) in [4.78, 5) is 4.46. The SMILES string of the molecule is CCCn1ccnc1C(N)C(C)(C)c1ccccc1. The standard InChI is InChI=1S/C16H23N3/c1-4-11-19-12-10-18-15(19)14(17)16(2,3)13-8-6-5-7-9-13/h5-10,12,14H,4,11,17H2,1-3H3. The first-order valence-electron chi connectivity index (χ1n) is 6.89. The van der Waals surface area contributed by atoms with Gasteiger partial charge >= 0.3 is 0 Å². The molecule has 2 rings (SSSR count). The fraction of sp³-hybridized carbons (Fsp3) is 0.438. The fourth-order valence-corrected chi connectivity index (χ4v) is 2.40. The molecule has 0 aliphatic rings. The van der Waals surface area contributed by atoms with E-state index in [2.05, 4.69) is 54.6 Å². The first-order chi connectivity index (χ1) is 9.07. The lowest BCUT2D eigenvalue weighted by molar-refractivity contribution is 0.390. The highest BCUT2D eigenvalue weighted by Gasteiger charge is 2.32. The maximum Gasteiger partial charge on any atom is 0.126 e. The van der Waals surface area contributed by atoms with Crippen LogP contribution in [0.15, 0.2) is 42.7 Å². The molecule has 1 aromatic carbocycles. The van der Waals surface area contributed by atoms with Crippen LogP contribution in [0.5, 0.6) is 0 Å². The molecule has 0 amide bonds. The minimum atomic E-state index is -0.141. The summed E-state index contributed by atoms with van der Waals surface area (Å²) in [5, 5.41) is 0. The highest BCUT2D eigenvalue weighted by molar-refractivity contribution is 5.27. The molecule has 1 unspecified atom stereocenters. The van der Waals surface area contributed by atoms with Crippen molar-refractivity contribution in [1.82, 2.24) is 9.55 Å². The van der Waals surface area contributed by atoms with E-state index in [1.807, 2.05) is 18.5 Å². The number of nitrogens with zero attached hydrogens (tertiary/aromatic N) is 2. The Morgan fingerprint density at radius 2 is 1.95 bits per heavy atom. The fourth-order valence-electron chi connectivity index (χ4n) is 2.40. The van der Waals surface area contributed by atoms with Crippen LogP contribution in [-0.4, -0.2) is 9.55 Å². The first kappa shape index (κ1) is 13.8. The molecule has 1 atom stereocenters. The summed E-state index contributed by atoms with van der Waals surface area (Å²) in [6.07, 6.45) is 4.94. The van der Waals surface area contributed by atoms with Gasteiger partial charge in [-0.2, -0.15) is 0 Å². The lowest BCUT2D eigenvalue weighted by atomic mass is 9.77. The van der Waals surface area contributed by atoms with E-state index >= 15 is 0 Å². The van der Waals surface area contributed by atoms with Crippen molar-refractivity contribution in [2.24, 2.45) is 5.73 Å². The Hall–Kier alpha value is -1.61. The molecule has 0 spiro atoms. The Balaban J connectivity index is 2.32. The minimum Gasteiger partial charge on any atom is -0.334 e. The molecule has 1 heterocycles. The molecular weight excluding hydrogens is 234 g/mol. The monoisotopic (exact) mass is 257 g/mol. The zero-order valence-electron chi connectivity index (χ0n) is 12.0. The third-order valence-corrected chi connectivity index (χ3v) is 3.79. The van der Waals surface area contributed by atoms with Crippen LogP contribution in [0.2, 0.25) is 0 Å². The van der Waals surface area contributed by atoms with Crippen molar-refractivity contribution in [1.29, 1.82) is 0 Å². The molecule has 0 fully saturated rings. The van der Waals surface area contributed by atoms with Crippen molar-refractivity contribution in [3.63, 3.8) is 0 Å². The predicted octanol–water partition coefficient (Wildman–Crippen LogP) is 3.27. The van der Waals surface area contributed by atoms with E-state index < -0.39 is 0 Å². The maximum absolute atomic E-state index is 6.50. The third kappa shape index (κ3) is 2.71. The molecule has 19 heavy (non-hydrogen) atoms. The van der Waals surface area contributed by atoms with Gasteiger partial charge in [0.1, 0.15) is 5.82 Å². The molecule has 3 heteroatoms. The van der Waals surface area contributed by atoms with Crippen LogP contribution >= 0.6 is 0 Å². The lowest BCUT2D eigenvalue weighted by Gasteiger charge is -2.32. The van der Waals surface area contributed by atoms with E-state index in [0.29, 0.717) is 0 Å². The summed E-state index contributed by atoms with van der Waals surface area (Å²) < 4.78 is 2.16. The largest absolute Gasteiger partial charge is 0.334 e. The number of aryl methyl sites for hydroxylation is 1. The third-order valence-electron chi connectivity index (χ3n) is 3.79.